The zero-order chi connectivity index (χ0) is 15.8. The molecule has 1 unspecified atom stereocenters. The van der Waals surface area contributed by atoms with Gasteiger partial charge in [-0.05, 0) is 31.9 Å². The predicted molar refractivity (Wildman–Crippen MR) is 85.1 cm³/mol. The topological polar surface area (TPSA) is 90.6 Å². The minimum atomic E-state index is 0.0327. The molecular formula is C16H18N6O. The van der Waals surface area contributed by atoms with Gasteiger partial charge >= 0.3 is 0 Å². The van der Waals surface area contributed by atoms with E-state index in [2.05, 4.69) is 25.1 Å². The molecule has 1 aliphatic heterocycles. The van der Waals surface area contributed by atoms with E-state index in [1.807, 2.05) is 17.9 Å². The lowest BCUT2D eigenvalue weighted by atomic mass is 9.94. The molecule has 2 N–H and O–H groups in total. The van der Waals surface area contributed by atoms with Gasteiger partial charge in [0.25, 0.3) is 5.91 Å². The number of pyridine rings is 1. The second kappa shape index (κ2) is 5.49. The van der Waals surface area contributed by atoms with Crippen molar-refractivity contribution in [2.75, 3.05) is 13.1 Å². The molecule has 7 nitrogen and oxygen atoms in total. The summed E-state index contributed by atoms with van der Waals surface area (Å²) in [5, 5.41) is 7.04. The van der Waals surface area contributed by atoms with Crippen LogP contribution in [0.4, 0.5) is 0 Å². The number of rotatable bonds is 2. The van der Waals surface area contributed by atoms with E-state index in [9.17, 15) is 4.79 Å². The van der Waals surface area contributed by atoms with Gasteiger partial charge in [0.2, 0.25) is 0 Å². The van der Waals surface area contributed by atoms with Gasteiger partial charge < -0.3 is 9.88 Å². The standard InChI is InChI=1S/C16H18N6O/c1-10-19-14-12(4-6-17-15(14)20-10)16(23)22-8-2-3-11(9-22)13-5-7-18-21-13/h4-7,11H,2-3,8-9H2,1H3,(H,18,21)(H,17,19,20). The van der Waals surface area contributed by atoms with Crippen LogP contribution in [0.5, 0.6) is 0 Å². The highest BCUT2D eigenvalue weighted by atomic mass is 16.2. The van der Waals surface area contributed by atoms with E-state index in [1.165, 1.54) is 0 Å². The molecule has 118 valence electrons. The second-order valence-corrected chi connectivity index (χ2v) is 5.98. The molecule has 0 aromatic carbocycles. The Hall–Kier alpha value is -2.70. The number of likely N-dealkylation sites (tertiary alicyclic amines) is 1. The van der Waals surface area contributed by atoms with Crippen LogP contribution >= 0.6 is 0 Å². The first-order chi connectivity index (χ1) is 11.2. The zero-order valence-corrected chi connectivity index (χ0v) is 12.9. The lowest BCUT2D eigenvalue weighted by Gasteiger charge is -2.32. The number of H-pyrrole nitrogens is 2. The minimum absolute atomic E-state index is 0.0327. The van der Waals surface area contributed by atoms with Crippen molar-refractivity contribution in [2.45, 2.75) is 25.7 Å². The van der Waals surface area contributed by atoms with Crippen LogP contribution in [0.2, 0.25) is 0 Å². The zero-order valence-electron chi connectivity index (χ0n) is 12.9. The van der Waals surface area contributed by atoms with Crippen molar-refractivity contribution in [1.29, 1.82) is 0 Å². The van der Waals surface area contributed by atoms with E-state index in [0.29, 0.717) is 23.7 Å². The summed E-state index contributed by atoms with van der Waals surface area (Å²) in [6.45, 7) is 3.35. The molecule has 0 spiro atoms. The number of amides is 1. The highest BCUT2D eigenvalue weighted by Gasteiger charge is 2.27. The second-order valence-electron chi connectivity index (χ2n) is 5.98. The predicted octanol–water partition coefficient (Wildman–Crippen LogP) is 2.01. The van der Waals surface area contributed by atoms with Gasteiger partial charge in [0, 0.05) is 37.1 Å². The summed E-state index contributed by atoms with van der Waals surface area (Å²) in [5.74, 6) is 1.11. The molecular weight excluding hydrogens is 292 g/mol. The molecule has 1 aliphatic rings. The normalized spacial score (nSPS) is 18.5. The molecule has 4 heterocycles. The van der Waals surface area contributed by atoms with Crippen molar-refractivity contribution >= 4 is 17.1 Å². The fourth-order valence-corrected chi connectivity index (χ4v) is 3.28. The van der Waals surface area contributed by atoms with E-state index < -0.39 is 0 Å². The van der Waals surface area contributed by atoms with Gasteiger partial charge in [-0.1, -0.05) is 0 Å². The Morgan fingerprint density at radius 3 is 3.09 bits per heavy atom. The van der Waals surface area contributed by atoms with Crippen molar-refractivity contribution in [1.82, 2.24) is 30.0 Å². The van der Waals surface area contributed by atoms with E-state index >= 15 is 0 Å². The van der Waals surface area contributed by atoms with Crippen LogP contribution < -0.4 is 0 Å². The molecule has 3 aromatic rings. The van der Waals surface area contributed by atoms with E-state index in [0.717, 1.165) is 36.4 Å². The first kappa shape index (κ1) is 13.9. The molecule has 1 amide bonds. The Bertz CT molecular complexity index is 838. The SMILES string of the molecule is Cc1nc2nccc(C(=O)N3CCCC(c4ccn[nH]4)C3)c2[nH]1. The maximum atomic E-state index is 13.0. The average Bonchev–Trinajstić information content (AvgIpc) is 3.22. The highest BCUT2D eigenvalue weighted by molar-refractivity contribution is 6.04. The summed E-state index contributed by atoms with van der Waals surface area (Å²) < 4.78 is 0. The molecule has 3 aromatic heterocycles. The number of imidazole rings is 1. The first-order valence-electron chi connectivity index (χ1n) is 7.82. The van der Waals surface area contributed by atoms with Gasteiger partial charge in [0.15, 0.2) is 5.65 Å². The van der Waals surface area contributed by atoms with Crippen LogP contribution in [0.25, 0.3) is 11.2 Å². The Labute approximate surface area is 133 Å². The number of carbonyl (C=O) groups is 1. The third kappa shape index (κ3) is 2.48. The van der Waals surface area contributed by atoms with Crippen molar-refractivity contribution in [3.63, 3.8) is 0 Å². The molecule has 4 rings (SSSR count). The Kier molecular flexibility index (Phi) is 3.33. The molecule has 0 saturated carbocycles. The monoisotopic (exact) mass is 310 g/mol. The fraction of sp³-hybridized carbons (Fsp3) is 0.375. The third-order valence-electron chi connectivity index (χ3n) is 4.41. The number of hydrogen-bond donors (Lipinski definition) is 2. The van der Waals surface area contributed by atoms with Gasteiger partial charge in [0.05, 0.1) is 11.1 Å². The number of nitrogens with zero attached hydrogens (tertiary/aromatic N) is 4. The van der Waals surface area contributed by atoms with Crippen molar-refractivity contribution in [2.24, 2.45) is 0 Å². The average molecular weight is 310 g/mol. The van der Waals surface area contributed by atoms with Crippen LogP contribution in [0.3, 0.4) is 0 Å². The number of hydrogen-bond acceptors (Lipinski definition) is 4. The summed E-state index contributed by atoms with van der Waals surface area (Å²) >= 11 is 0. The highest BCUT2D eigenvalue weighted by Crippen LogP contribution is 2.27. The maximum absolute atomic E-state index is 13.0. The summed E-state index contributed by atoms with van der Waals surface area (Å²) in [7, 11) is 0. The number of aromatic amines is 2. The number of nitrogens with one attached hydrogen (secondary N) is 2. The molecule has 1 atom stereocenters. The van der Waals surface area contributed by atoms with Crippen molar-refractivity contribution in [3.05, 3.63) is 41.6 Å². The first-order valence-corrected chi connectivity index (χ1v) is 7.82. The number of aryl methyl sites for hydroxylation is 1. The molecule has 0 radical (unpaired) electrons. The summed E-state index contributed by atoms with van der Waals surface area (Å²) in [6, 6.07) is 3.75. The quantitative estimate of drug-likeness (QED) is 0.757. The number of piperidine rings is 1. The third-order valence-corrected chi connectivity index (χ3v) is 4.41. The lowest BCUT2D eigenvalue weighted by Crippen LogP contribution is -2.39. The van der Waals surface area contributed by atoms with Crippen molar-refractivity contribution < 1.29 is 4.79 Å². The van der Waals surface area contributed by atoms with E-state index in [-0.39, 0.29) is 5.91 Å². The van der Waals surface area contributed by atoms with Gasteiger partial charge in [-0.2, -0.15) is 5.10 Å². The largest absolute Gasteiger partial charge is 0.340 e. The number of aromatic nitrogens is 5. The molecule has 23 heavy (non-hydrogen) atoms. The Balaban J connectivity index is 1.62. The molecule has 1 saturated heterocycles. The van der Waals surface area contributed by atoms with Crippen molar-refractivity contribution in [3.8, 4) is 0 Å². The van der Waals surface area contributed by atoms with Crippen LogP contribution in [0, 0.1) is 6.92 Å². The van der Waals surface area contributed by atoms with Crippen LogP contribution in [-0.4, -0.2) is 49.0 Å². The Morgan fingerprint density at radius 2 is 2.26 bits per heavy atom. The van der Waals surface area contributed by atoms with Gasteiger partial charge in [-0.3, -0.25) is 9.89 Å². The lowest BCUT2D eigenvalue weighted by molar-refractivity contribution is 0.0707. The van der Waals surface area contributed by atoms with Crippen LogP contribution in [0.1, 0.15) is 40.6 Å². The molecule has 1 fully saturated rings. The maximum Gasteiger partial charge on any atom is 0.256 e. The number of fused-ring (bicyclic) bond motifs is 1. The van der Waals surface area contributed by atoms with E-state index in [1.54, 1.807) is 18.5 Å². The Morgan fingerprint density at radius 1 is 1.35 bits per heavy atom. The molecule has 7 heteroatoms. The van der Waals surface area contributed by atoms with Crippen LogP contribution in [-0.2, 0) is 0 Å². The van der Waals surface area contributed by atoms with Gasteiger partial charge in [-0.15, -0.1) is 0 Å². The minimum Gasteiger partial charge on any atom is -0.340 e. The summed E-state index contributed by atoms with van der Waals surface area (Å²) in [4.78, 5) is 26.6. The smallest absolute Gasteiger partial charge is 0.256 e. The van der Waals surface area contributed by atoms with Gasteiger partial charge in [-0.25, -0.2) is 9.97 Å². The number of carbonyl (C=O) groups excluding carboxylic acids is 1. The van der Waals surface area contributed by atoms with Crippen LogP contribution in [0.15, 0.2) is 24.5 Å². The molecule has 0 bridgehead atoms. The summed E-state index contributed by atoms with van der Waals surface area (Å²) in [5.41, 5.74) is 3.05. The summed E-state index contributed by atoms with van der Waals surface area (Å²) in [6.07, 6.45) is 5.47. The van der Waals surface area contributed by atoms with Gasteiger partial charge in [0.1, 0.15) is 5.82 Å². The molecule has 0 aliphatic carbocycles. The van der Waals surface area contributed by atoms with E-state index in [4.69, 9.17) is 0 Å². The fourth-order valence-electron chi connectivity index (χ4n) is 3.28.